The average Bonchev–Trinajstić information content (AvgIpc) is 2.31. The molecule has 0 amide bonds. The molecule has 0 radical (unpaired) electrons. The van der Waals surface area contributed by atoms with E-state index in [0.717, 1.165) is 8.95 Å². The van der Waals surface area contributed by atoms with Gasteiger partial charge in [0.1, 0.15) is 11.5 Å². The van der Waals surface area contributed by atoms with Crippen molar-refractivity contribution in [3.05, 3.63) is 50.9 Å². The molecule has 0 saturated carbocycles. The Bertz CT molecular complexity index is 760. The highest BCUT2D eigenvalue weighted by Gasteiger charge is 2.14. The van der Waals surface area contributed by atoms with Crippen molar-refractivity contribution in [2.24, 2.45) is 0 Å². The summed E-state index contributed by atoms with van der Waals surface area (Å²) in [7, 11) is 1.60. The van der Waals surface area contributed by atoms with Crippen molar-refractivity contribution in [1.82, 2.24) is 0 Å². The van der Waals surface area contributed by atoms with Crippen LogP contribution < -0.4 is 4.74 Å². The van der Waals surface area contributed by atoms with Gasteiger partial charge in [0.25, 0.3) is 9.05 Å². The molecule has 2 aromatic rings. The first kappa shape index (κ1) is 15.8. The first-order chi connectivity index (χ1) is 9.27. The zero-order valence-electron chi connectivity index (χ0n) is 10.2. The van der Waals surface area contributed by atoms with E-state index in [0.29, 0.717) is 17.1 Å². The summed E-state index contributed by atoms with van der Waals surface area (Å²) in [4.78, 5) is 0.0846. The molecular formula is C13H9Br2ClO3S. The van der Waals surface area contributed by atoms with Crippen LogP contribution in [0.15, 0.2) is 50.2 Å². The molecule has 0 aliphatic heterocycles. The van der Waals surface area contributed by atoms with Gasteiger partial charge in [-0.3, -0.25) is 0 Å². The molecule has 0 spiro atoms. The van der Waals surface area contributed by atoms with E-state index in [9.17, 15) is 8.42 Å². The molecule has 2 aromatic carbocycles. The zero-order chi connectivity index (χ0) is 14.9. The molecule has 0 fully saturated rings. The minimum atomic E-state index is -3.74. The highest BCUT2D eigenvalue weighted by atomic mass is 79.9. The van der Waals surface area contributed by atoms with Gasteiger partial charge in [-0.25, -0.2) is 8.42 Å². The van der Waals surface area contributed by atoms with E-state index in [1.807, 2.05) is 12.1 Å². The lowest BCUT2D eigenvalue weighted by Crippen LogP contribution is -1.95. The van der Waals surface area contributed by atoms with Gasteiger partial charge in [-0.05, 0) is 64.8 Å². The third-order valence-electron chi connectivity index (χ3n) is 2.53. The summed E-state index contributed by atoms with van der Waals surface area (Å²) in [5.74, 6) is 1.17. The second-order valence-electron chi connectivity index (χ2n) is 4.04. The Balaban J connectivity index is 2.34. The molecule has 0 aliphatic carbocycles. The van der Waals surface area contributed by atoms with Crippen molar-refractivity contribution in [2.75, 3.05) is 0 Å². The quantitative estimate of drug-likeness (QED) is 0.613. The third kappa shape index (κ3) is 3.75. The molecule has 0 heterocycles. The first-order valence-electron chi connectivity index (χ1n) is 5.45. The second-order valence-corrected chi connectivity index (χ2v) is 8.35. The fourth-order valence-corrected chi connectivity index (χ4v) is 3.97. The Labute approximate surface area is 138 Å². The summed E-state index contributed by atoms with van der Waals surface area (Å²) < 4.78 is 30.1. The number of ether oxygens (including phenoxy) is 1. The van der Waals surface area contributed by atoms with E-state index in [1.54, 1.807) is 25.1 Å². The predicted octanol–water partition coefficient (Wildman–Crippen LogP) is 5.24. The summed E-state index contributed by atoms with van der Waals surface area (Å²) in [5.41, 5.74) is 0.533. The van der Waals surface area contributed by atoms with Crippen LogP contribution in [-0.4, -0.2) is 8.42 Å². The molecule has 0 N–H and O–H groups in total. The maximum absolute atomic E-state index is 11.3. The molecule has 0 bridgehead atoms. The minimum Gasteiger partial charge on any atom is -0.456 e. The van der Waals surface area contributed by atoms with Gasteiger partial charge >= 0.3 is 0 Å². The van der Waals surface area contributed by atoms with E-state index in [2.05, 4.69) is 31.9 Å². The van der Waals surface area contributed by atoms with Crippen molar-refractivity contribution in [1.29, 1.82) is 0 Å². The number of aryl methyl sites for hydroxylation is 1. The van der Waals surface area contributed by atoms with Crippen molar-refractivity contribution in [2.45, 2.75) is 11.8 Å². The van der Waals surface area contributed by atoms with E-state index >= 15 is 0 Å². The van der Waals surface area contributed by atoms with Crippen molar-refractivity contribution < 1.29 is 13.2 Å². The number of halogens is 3. The lowest BCUT2D eigenvalue weighted by molar-refractivity contribution is 0.478. The Hall–Kier alpha value is -0.560. The van der Waals surface area contributed by atoms with Crippen LogP contribution in [0.4, 0.5) is 0 Å². The fraction of sp³-hybridized carbons (Fsp3) is 0.0769. The zero-order valence-corrected chi connectivity index (χ0v) is 15.0. The van der Waals surface area contributed by atoms with Crippen LogP contribution in [0.2, 0.25) is 0 Å². The van der Waals surface area contributed by atoms with Crippen LogP contribution in [0.3, 0.4) is 0 Å². The van der Waals surface area contributed by atoms with Crippen LogP contribution in [-0.2, 0) is 9.05 Å². The van der Waals surface area contributed by atoms with Crippen LogP contribution in [0.5, 0.6) is 11.5 Å². The van der Waals surface area contributed by atoms with E-state index in [4.69, 9.17) is 15.4 Å². The molecule has 0 unspecified atom stereocenters. The Morgan fingerprint density at radius 3 is 2.35 bits per heavy atom. The second kappa shape index (κ2) is 6.05. The molecule has 20 heavy (non-hydrogen) atoms. The standard InChI is InChI=1S/C13H9Br2ClO3S/c1-8-6-10(3-5-13(8)20(16,17)18)19-12-4-2-9(14)7-11(12)15/h2-7H,1H3. The third-order valence-corrected chi connectivity index (χ3v) is 5.13. The highest BCUT2D eigenvalue weighted by molar-refractivity contribution is 9.11. The summed E-state index contributed by atoms with van der Waals surface area (Å²) >= 11 is 6.76. The Morgan fingerprint density at radius 1 is 1.10 bits per heavy atom. The molecule has 0 saturated heterocycles. The molecule has 7 heteroatoms. The summed E-state index contributed by atoms with van der Waals surface area (Å²) in [6.07, 6.45) is 0. The summed E-state index contributed by atoms with van der Waals surface area (Å²) in [6.45, 7) is 1.67. The number of benzene rings is 2. The smallest absolute Gasteiger partial charge is 0.261 e. The minimum absolute atomic E-state index is 0.0846. The molecule has 2 rings (SSSR count). The predicted molar refractivity (Wildman–Crippen MR) is 86.1 cm³/mol. The number of rotatable bonds is 3. The van der Waals surface area contributed by atoms with Gasteiger partial charge in [0, 0.05) is 15.2 Å². The highest BCUT2D eigenvalue weighted by Crippen LogP contribution is 2.33. The number of hydrogen-bond donors (Lipinski definition) is 0. The average molecular weight is 441 g/mol. The molecule has 0 aromatic heterocycles. The lowest BCUT2D eigenvalue weighted by atomic mass is 10.2. The normalized spacial score (nSPS) is 11.4. The van der Waals surface area contributed by atoms with Crippen molar-refractivity contribution in [3.63, 3.8) is 0 Å². The number of hydrogen-bond acceptors (Lipinski definition) is 3. The van der Waals surface area contributed by atoms with Crippen LogP contribution >= 0.6 is 42.5 Å². The van der Waals surface area contributed by atoms with Gasteiger partial charge < -0.3 is 4.74 Å². The van der Waals surface area contributed by atoms with Gasteiger partial charge in [-0.15, -0.1) is 0 Å². The molecule has 3 nitrogen and oxygen atoms in total. The summed E-state index contributed by atoms with van der Waals surface area (Å²) in [5, 5.41) is 0. The van der Waals surface area contributed by atoms with Crippen LogP contribution in [0.25, 0.3) is 0 Å². The van der Waals surface area contributed by atoms with Crippen molar-refractivity contribution in [3.8, 4) is 11.5 Å². The van der Waals surface area contributed by atoms with E-state index < -0.39 is 9.05 Å². The Morgan fingerprint density at radius 2 is 1.80 bits per heavy atom. The van der Waals surface area contributed by atoms with Gasteiger partial charge in [0.2, 0.25) is 0 Å². The largest absolute Gasteiger partial charge is 0.456 e. The topological polar surface area (TPSA) is 43.4 Å². The Kier molecular flexibility index (Phi) is 4.79. The van der Waals surface area contributed by atoms with Crippen molar-refractivity contribution >= 4 is 51.6 Å². The molecule has 0 aliphatic rings. The maximum Gasteiger partial charge on any atom is 0.261 e. The molecular weight excluding hydrogens is 431 g/mol. The lowest BCUT2D eigenvalue weighted by Gasteiger charge is -2.10. The van der Waals surface area contributed by atoms with Crippen LogP contribution in [0.1, 0.15) is 5.56 Å². The fourth-order valence-electron chi connectivity index (χ4n) is 1.64. The monoisotopic (exact) mass is 438 g/mol. The van der Waals surface area contributed by atoms with Gasteiger partial charge in [-0.2, -0.15) is 0 Å². The molecule has 0 atom stereocenters. The van der Waals surface area contributed by atoms with Crippen LogP contribution in [0, 0.1) is 6.92 Å². The van der Waals surface area contributed by atoms with Gasteiger partial charge in [0.15, 0.2) is 0 Å². The van der Waals surface area contributed by atoms with E-state index in [1.165, 1.54) is 6.07 Å². The summed E-state index contributed by atoms with van der Waals surface area (Å²) in [6, 6.07) is 10.1. The van der Waals surface area contributed by atoms with E-state index in [-0.39, 0.29) is 4.90 Å². The molecule has 106 valence electrons. The SMILES string of the molecule is Cc1cc(Oc2ccc(Br)cc2Br)ccc1S(=O)(=O)Cl. The van der Waals surface area contributed by atoms with Gasteiger partial charge in [-0.1, -0.05) is 15.9 Å². The first-order valence-corrected chi connectivity index (χ1v) is 9.35. The van der Waals surface area contributed by atoms with Gasteiger partial charge in [0.05, 0.1) is 9.37 Å². The maximum atomic E-state index is 11.3.